The third-order valence-corrected chi connectivity index (χ3v) is 3.75. The zero-order valence-electron chi connectivity index (χ0n) is 12.1. The molecule has 1 unspecified atom stereocenters. The van der Waals surface area contributed by atoms with Gasteiger partial charge in [-0.2, -0.15) is 0 Å². The summed E-state index contributed by atoms with van der Waals surface area (Å²) in [4.78, 5) is 0. The number of ether oxygens (including phenoxy) is 2. The van der Waals surface area contributed by atoms with E-state index in [1.54, 1.807) is 14.2 Å². The van der Waals surface area contributed by atoms with Gasteiger partial charge in [0.15, 0.2) is 0 Å². The maximum Gasteiger partial charge on any atom is 0.142 e. The number of hydrogen-bond donors (Lipinski definition) is 2. The van der Waals surface area contributed by atoms with Gasteiger partial charge in [-0.3, -0.25) is 0 Å². The summed E-state index contributed by atoms with van der Waals surface area (Å²) in [6.07, 6.45) is 2.47. The lowest BCUT2D eigenvalue weighted by atomic mass is 10.1. The van der Waals surface area contributed by atoms with Crippen molar-refractivity contribution in [3.05, 3.63) is 17.7 Å². The van der Waals surface area contributed by atoms with Gasteiger partial charge in [0.05, 0.1) is 19.9 Å². The van der Waals surface area contributed by atoms with Crippen LogP contribution in [-0.4, -0.2) is 33.9 Å². The van der Waals surface area contributed by atoms with Gasteiger partial charge < -0.3 is 20.1 Å². The number of nitrogens with one attached hydrogen (secondary N) is 2. The molecule has 1 aromatic carbocycles. The minimum Gasteiger partial charge on any atom is -0.496 e. The second-order valence-electron chi connectivity index (χ2n) is 5.10. The Morgan fingerprint density at radius 1 is 1.26 bits per heavy atom. The van der Waals surface area contributed by atoms with Crippen LogP contribution >= 0.6 is 0 Å². The van der Waals surface area contributed by atoms with Crippen molar-refractivity contribution in [2.75, 3.05) is 39.2 Å². The number of rotatable bonds is 6. The lowest BCUT2D eigenvalue weighted by molar-refractivity contribution is 0.401. The first kappa shape index (κ1) is 14.0. The van der Waals surface area contributed by atoms with E-state index < -0.39 is 0 Å². The first-order chi connectivity index (χ1) is 9.24. The summed E-state index contributed by atoms with van der Waals surface area (Å²) >= 11 is 0. The summed E-state index contributed by atoms with van der Waals surface area (Å²) in [5, 5.41) is 6.86. The van der Waals surface area contributed by atoms with Crippen molar-refractivity contribution in [1.29, 1.82) is 0 Å². The zero-order chi connectivity index (χ0) is 13.7. The highest BCUT2D eigenvalue weighted by atomic mass is 16.5. The van der Waals surface area contributed by atoms with Crippen molar-refractivity contribution < 1.29 is 9.47 Å². The predicted octanol–water partition coefficient (Wildman–Crippen LogP) is 2.42. The molecule has 4 heteroatoms. The number of methoxy groups -OCH3 is 2. The van der Waals surface area contributed by atoms with Gasteiger partial charge in [-0.15, -0.1) is 0 Å². The van der Waals surface area contributed by atoms with Gasteiger partial charge in [-0.25, -0.2) is 0 Å². The molecule has 1 aliphatic heterocycles. The Hall–Kier alpha value is -1.42. The van der Waals surface area contributed by atoms with E-state index in [0.717, 1.165) is 48.3 Å². The molecule has 1 atom stereocenters. The van der Waals surface area contributed by atoms with Crippen LogP contribution in [0.15, 0.2) is 12.1 Å². The molecule has 0 aliphatic carbocycles. The van der Waals surface area contributed by atoms with Gasteiger partial charge in [0.1, 0.15) is 11.5 Å². The molecule has 0 saturated carbocycles. The van der Waals surface area contributed by atoms with Gasteiger partial charge in [-0.05, 0) is 50.4 Å². The van der Waals surface area contributed by atoms with Crippen molar-refractivity contribution in [3.8, 4) is 11.5 Å². The maximum absolute atomic E-state index is 5.42. The van der Waals surface area contributed by atoms with E-state index >= 15 is 0 Å². The minimum absolute atomic E-state index is 0.797. The van der Waals surface area contributed by atoms with Gasteiger partial charge in [0, 0.05) is 12.6 Å². The fourth-order valence-corrected chi connectivity index (χ4v) is 2.56. The molecule has 0 aromatic heterocycles. The molecule has 4 nitrogen and oxygen atoms in total. The molecule has 0 spiro atoms. The first-order valence-corrected chi connectivity index (χ1v) is 6.91. The minimum atomic E-state index is 0.797. The lowest BCUT2D eigenvalue weighted by Gasteiger charge is -2.15. The largest absolute Gasteiger partial charge is 0.496 e. The van der Waals surface area contributed by atoms with Crippen LogP contribution in [-0.2, 0) is 0 Å². The number of anilines is 1. The fraction of sp³-hybridized carbons (Fsp3) is 0.600. The van der Waals surface area contributed by atoms with E-state index in [-0.39, 0.29) is 0 Å². The quantitative estimate of drug-likeness (QED) is 0.828. The third-order valence-electron chi connectivity index (χ3n) is 3.75. The van der Waals surface area contributed by atoms with Crippen molar-refractivity contribution in [3.63, 3.8) is 0 Å². The molecule has 1 aliphatic rings. The normalized spacial score (nSPS) is 18.4. The fourth-order valence-electron chi connectivity index (χ4n) is 2.56. The first-order valence-electron chi connectivity index (χ1n) is 6.91. The Bertz CT molecular complexity index is 415. The highest BCUT2D eigenvalue weighted by molar-refractivity contribution is 5.62. The summed E-state index contributed by atoms with van der Waals surface area (Å²) in [5.41, 5.74) is 2.10. The molecule has 1 aromatic rings. The molecule has 1 fully saturated rings. The molecule has 19 heavy (non-hydrogen) atoms. The van der Waals surface area contributed by atoms with Crippen LogP contribution in [0, 0.1) is 12.8 Å². The highest BCUT2D eigenvalue weighted by Crippen LogP contribution is 2.32. The maximum atomic E-state index is 5.42. The molecule has 2 N–H and O–H groups in total. The molecular formula is C15H24N2O2. The molecule has 0 bridgehead atoms. The predicted molar refractivity (Wildman–Crippen MR) is 78.4 cm³/mol. The van der Waals surface area contributed by atoms with Crippen molar-refractivity contribution in [2.24, 2.45) is 5.92 Å². The molecule has 0 amide bonds. The number of aryl methyl sites for hydroxylation is 1. The summed E-state index contributed by atoms with van der Waals surface area (Å²) < 4.78 is 10.8. The summed E-state index contributed by atoms with van der Waals surface area (Å²) in [7, 11) is 3.40. The Labute approximate surface area is 115 Å². The average Bonchev–Trinajstić information content (AvgIpc) is 2.93. The number of benzene rings is 1. The SMILES string of the molecule is COc1cc(NCCC2CCNC2)c(OC)cc1C. The average molecular weight is 264 g/mol. The van der Waals surface area contributed by atoms with E-state index in [2.05, 4.69) is 10.6 Å². The van der Waals surface area contributed by atoms with Gasteiger partial charge in [-0.1, -0.05) is 0 Å². The molecule has 1 saturated heterocycles. The Morgan fingerprint density at radius 3 is 2.68 bits per heavy atom. The smallest absolute Gasteiger partial charge is 0.142 e. The van der Waals surface area contributed by atoms with Crippen LogP contribution in [0.3, 0.4) is 0 Å². The highest BCUT2D eigenvalue weighted by Gasteiger charge is 2.14. The van der Waals surface area contributed by atoms with Gasteiger partial charge in [0.25, 0.3) is 0 Å². The van der Waals surface area contributed by atoms with Crippen LogP contribution in [0.5, 0.6) is 11.5 Å². The molecule has 106 valence electrons. The van der Waals surface area contributed by atoms with Crippen LogP contribution in [0.2, 0.25) is 0 Å². The van der Waals surface area contributed by atoms with Crippen molar-refractivity contribution >= 4 is 5.69 Å². The second-order valence-corrected chi connectivity index (χ2v) is 5.10. The van der Waals surface area contributed by atoms with Crippen LogP contribution in [0.25, 0.3) is 0 Å². The molecule has 1 heterocycles. The number of hydrogen-bond acceptors (Lipinski definition) is 4. The summed E-state index contributed by atoms with van der Waals surface area (Å²) in [5.74, 6) is 2.57. The van der Waals surface area contributed by atoms with Crippen molar-refractivity contribution in [1.82, 2.24) is 5.32 Å². The molecule has 0 radical (unpaired) electrons. The van der Waals surface area contributed by atoms with E-state index in [1.165, 1.54) is 12.8 Å². The topological polar surface area (TPSA) is 42.5 Å². The summed E-state index contributed by atoms with van der Waals surface area (Å²) in [6.45, 7) is 5.30. The molecule has 2 rings (SSSR count). The lowest BCUT2D eigenvalue weighted by Crippen LogP contribution is -2.13. The van der Waals surface area contributed by atoms with E-state index in [0.29, 0.717) is 0 Å². The standard InChI is InChI=1S/C15H24N2O2/c1-11-8-15(19-3)13(9-14(11)18-2)17-7-5-12-4-6-16-10-12/h8-9,12,16-17H,4-7,10H2,1-3H3. The van der Waals surface area contributed by atoms with E-state index in [1.807, 2.05) is 19.1 Å². The van der Waals surface area contributed by atoms with E-state index in [4.69, 9.17) is 9.47 Å². The van der Waals surface area contributed by atoms with Crippen LogP contribution in [0.1, 0.15) is 18.4 Å². The van der Waals surface area contributed by atoms with E-state index in [9.17, 15) is 0 Å². The third kappa shape index (κ3) is 3.53. The van der Waals surface area contributed by atoms with Gasteiger partial charge in [0.2, 0.25) is 0 Å². The van der Waals surface area contributed by atoms with Gasteiger partial charge >= 0.3 is 0 Å². The molecular weight excluding hydrogens is 240 g/mol. The second kappa shape index (κ2) is 6.66. The monoisotopic (exact) mass is 264 g/mol. The Kier molecular flexibility index (Phi) is 4.91. The zero-order valence-corrected chi connectivity index (χ0v) is 12.1. The van der Waals surface area contributed by atoms with Crippen LogP contribution < -0.4 is 20.1 Å². The van der Waals surface area contributed by atoms with Crippen molar-refractivity contribution in [2.45, 2.75) is 19.8 Å². The Balaban J connectivity index is 1.97. The summed E-state index contributed by atoms with van der Waals surface area (Å²) in [6, 6.07) is 4.03. The Morgan fingerprint density at radius 2 is 2.05 bits per heavy atom. The van der Waals surface area contributed by atoms with Crippen LogP contribution in [0.4, 0.5) is 5.69 Å².